The number of methoxy groups -OCH3 is 1. The molecule has 1 aromatic carbocycles. The third-order valence-corrected chi connectivity index (χ3v) is 4.73. The highest BCUT2D eigenvalue weighted by atomic mass is 16.5. The Morgan fingerprint density at radius 2 is 1.96 bits per heavy atom. The van der Waals surface area contributed by atoms with Gasteiger partial charge >= 0.3 is 0 Å². The van der Waals surface area contributed by atoms with Crippen molar-refractivity contribution >= 4 is 0 Å². The van der Waals surface area contributed by atoms with Crippen LogP contribution in [0.2, 0.25) is 0 Å². The van der Waals surface area contributed by atoms with Crippen LogP contribution in [0.4, 0.5) is 0 Å². The van der Waals surface area contributed by atoms with Gasteiger partial charge in [0.05, 0.1) is 13.7 Å². The second-order valence-corrected chi connectivity index (χ2v) is 6.40. The molecule has 0 radical (unpaired) electrons. The van der Waals surface area contributed by atoms with E-state index in [0.29, 0.717) is 18.4 Å². The monoisotopic (exact) mass is 339 g/mol. The van der Waals surface area contributed by atoms with Crippen LogP contribution < -0.4 is 4.74 Å². The van der Waals surface area contributed by atoms with Crippen molar-refractivity contribution in [3.8, 4) is 17.2 Å². The Hall–Kier alpha value is -2.70. The lowest BCUT2D eigenvalue weighted by Crippen LogP contribution is -2.14. The molecule has 0 atom stereocenters. The van der Waals surface area contributed by atoms with E-state index in [1.807, 2.05) is 28.9 Å². The second-order valence-electron chi connectivity index (χ2n) is 6.40. The molecule has 7 nitrogen and oxygen atoms in total. The number of oxazole rings is 1. The summed E-state index contributed by atoms with van der Waals surface area (Å²) in [6, 6.07) is 7.64. The van der Waals surface area contributed by atoms with Gasteiger partial charge in [-0.3, -0.25) is 0 Å². The second kappa shape index (κ2) is 7.04. The number of nitrogens with zero attached hydrogens (tertiary/aromatic N) is 5. The van der Waals surface area contributed by atoms with Crippen LogP contribution in [0.3, 0.4) is 0 Å². The summed E-state index contributed by atoms with van der Waals surface area (Å²) in [5.41, 5.74) is 1.73. The lowest BCUT2D eigenvalue weighted by Gasteiger charge is -2.20. The molecular weight excluding hydrogens is 318 g/mol. The molecule has 1 aliphatic carbocycles. The predicted molar refractivity (Wildman–Crippen MR) is 91.2 cm³/mol. The Morgan fingerprint density at radius 1 is 1.16 bits per heavy atom. The van der Waals surface area contributed by atoms with Crippen molar-refractivity contribution in [2.75, 3.05) is 7.11 Å². The first kappa shape index (κ1) is 15.8. The molecule has 4 rings (SSSR count). The first-order valence-corrected chi connectivity index (χ1v) is 8.68. The summed E-state index contributed by atoms with van der Waals surface area (Å²) in [5.74, 6) is 2.82. The van der Waals surface area contributed by atoms with E-state index in [4.69, 9.17) is 9.15 Å². The Kier molecular flexibility index (Phi) is 4.45. The maximum atomic E-state index is 5.62. The van der Waals surface area contributed by atoms with Crippen molar-refractivity contribution in [1.82, 2.24) is 25.2 Å². The van der Waals surface area contributed by atoms with Crippen LogP contribution in [-0.2, 0) is 6.54 Å². The Balaban J connectivity index is 1.50. The van der Waals surface area contributed by atoms with Crippen LogP contribution in [0.15, 0.2) is 34.9 Å². The molecule has 0 unspecified atom stereocenters. The summed E-state index contributed by atoms with van der Waals surface area (Å²) in [5, 5.41) is 12.3. The van der Waals surface area contributed by atoms with Gasteiger partial charge in [-0.2, -0.15) is 0 Å². The number of hydrogen-bond donors (Lipinski definition) is 0. The summed E-state index contributed by atoms with van der Waals surface area (Å²) in [4.78, 5) is 4.57. The van der Waals surface area contributed by atoms with Crippen LogP contribution in [0.5, 0.6) is 5.75 Å². The van der Waals surface area contributed by atoms with Crippen molar-refractivity contribution in [3.63, 3.8) is 0 Å². The topological polar surface area (TPSA) is 78.9 Å². The van der Waals surface area contributed by atoms with Crippen molar-refractivity contribution in [1.29, 1.82) is 0 Å². The quantitative estimate of drug-likeness (QED) is 0.708. The van der Waals surface area contributed by atoms with Crippen molar-refractivity contribution < 1.29 is 9.15 Å². The van der Waals surface area contributed by atoms with Gasteiger partial charge in [0.15, 0.2) is 5.82 Å². The van der Waals surface area contributed by atoms with Crippen LogP contribution in [0, 0.1) is 0 Å². The predicted octanol–water partition coefficient (Wildman–Crippen LogP) is 3.43. The smallest absolute Gasteiger partial charge is 0.226 e. The normalized spacial score (nSPS) is 15.4. The fraction of sp³-hybridized carbons (Fsp3) is 0.444. The van der Waals surface area contributed by atoms with Gasteiger partial charge in [-0.1, -0.05) is 19.3 Å². The Morgan fingerprint density at radius 3 is 2.72 bits per heavy atom. The minimum Gasteiger partial charge on any atom is -0.497 e. The first-order chi connectivity index (χ1) is 12.3. The molecule has 1 fully saturated rings. The van der Waals surface area contributed by atoms with Crippen LogP contribution in [-0.4, -0.2) is 32.3 Å². The fourth-order valence-electron chi connectivity index (χ4n) is 3.38. The van der Waals surface area contributed by atoms with E-state index in [1.165, 1.54) is 19.3 Å². The number of hydrogen-bond acceptors (Lipinski definition) is 6. The molecule has 25 heavy (non-hydrogen) atoms. The number of aromatic nitrogens is 5. The highest BCUT2D eigenvalue weighted by molar-refractivity contribution is 5.54. The molecule has 0 aliphatic heterocycles. The third kappa shape index (κ3) is 3.40. The largest absolute Gasteiger partial charge is 0.497 e. The maximum absolute atomic E-state index is 5.62. The number of ether oxygens (including phenoxy) is 1. The van der Waals surface area contributed by atoms with E-state index in [2.05, 4.69) is 20.5 Å². The molecule has 130 valence electrons. The van der Waals surface area contributed by atoms with Gasteiger partial charge in [-0.05, 0) is 47.5 Å². The van der Waals surface area contributed by atoms with Gasteiger partial charge in [-0.25, -0.2) is 9.67 Å². The SMILES string of the molecule is COc1ccc(-c2nc(Cn3nnnc3C3CCCCC3)co2)cc1. The number of rotatable bonds is 5. The lowest BCUT2D eigenvalue weighted by atomic mass is 9.89. The molecule has 1 aliphatic rings. The average Bonchev–Trinajstić information content (AvgIpc) is 3.33. The lowest BCUT2D eigenvalue weighted by molar-refractivity contribution is 0.411. The minimum absolute atomic E-state index is 0.455. The van der Waals surface area contributed by atoms with Gasteiger partial charge in [0.1, 0.15) is 17.7 Å². The number of benzene rings is 1. The van der Waals surface area contributed by atoms with Gasteiger partial charge in [-0.15, -0.1) is 5.10 Å². The summed E-state index contributed by atoms with van der Waals surface area (Å²) in [6.45, 7) is 0.526. The Bertz CT molecular complexity index is 818. The van der Waals surface area contributed by atoms with Crippen molar-refractivity contribution in [2.24, 2.45) is 0 Å². The molecule has 0 N–H and O–H groups in total. The summed E-state index contributed by atoms with van der Waals surface area (Å²) in [7, 11) is 1.65. The maximum Gasteiger partial charge on any atom is 0.226 e. The fourth-order valence-corrected chi connectivity index (χ4v) is 3.38. The van der Waals surface area contributed by atoms with E-state index in [-0.39, 0.29) is 0 Å². The van der Waals surface area contributed by atoms with E-state index in [0.717, 1.165) is 35.7 Å². The highest BCUT2D eigenvalue weighted by Gasteiger charge is 2.22. The van der Waals surface area contributed by atoms with Crippen molar-refractivity contribution in [2.45, 2.75) is 44.6 Å². The van der Waals surface area contributed by atoms with Gasteiger partial charge in [0.25, 0.3) is 0 Å². The molecule has 3 aromatic rings. The standard InChI is InChI=1S/C18H21N5O2/c1-24-16-9-7-14(8-10-16)18-19-15(12-25-18)11-23-17(20-21-22-23)13-5-3-2-4-6-13/h7-10,12-13H,2-6,11H2,1H3. The van der Waals surface area contributed by atoms with Crippen molar-refractivity contribution in [3.05, 3.63) is 42.0 Å². The number of tetrazole rings is 1. The van der Waals surface area contributed by atoms with Crippen LogP contribution in [0.1, 0.15) is 49.5 Å². The summed E-state index contributed by atoms with van der Waals surface area (Å²) < 4.78 is 12.7. The molecule has 0 spiro atoms. The molecule has 2 aromatic heterocycles. The van der Waals surface area contributed by atoms with Gasteiger partial charge in [0.2, 0.25) is 5.89 Å². The van der Waals surface area contributed by atoms with E-state index >= 15 is 0 Å². The molecule has 0 amide bonds. The van der Waals surface area contributed by atoms with Gasteiger partial charge < -0.3 is 9.15 Å². The van der Waals surface area contributed by atoms with E-state index < -0.39 is 0 Å². The van der Waals surface area contributed by atoms with Gasteiger partial charge in [0, 0.05) is 11.5 Å². The van der Waals surface area contributed by atoms with Crippen LogP contribution in [0.25, 0.3) is 11.5 Å². The van der Waals surface area contributed by atoms with E-state index in [1.54, 1.807) is 13.4 Å². The summed E-state index contributed by atoms with van der Waals surface area (Å²) in [6.07, 6.45) is 7.82. The molecule has 7 heteroatoms. The minimum atomic E-state index is 0.455. The summed E-state index contributed by atoms with van der Waals surface area (Å²) >= 11 is 0. The van der Waals surface area contributed by atoms with E-state index in [9.17, 15) is 0 Å². The molecule has 2 heterocycles. The zero-order valence-electron chi connectivity index (χ0n) is 14.3. The zero-order chi connectivity index (χ0) is 17.1. The molecule has 0 saturated heterocycles. The Labute approximate surface area is 146 Å². The average molecular weight is 339 g/mol. The first-order valence-electron chi connectivity index (χ1n) is 8.68. The highest BCUT2D eigenvalue weighted by Crippen LogP contribution is 2.31. The molecule has 0 bridgehead atoms. The molecular formula is C18H21N5O2. The van der Waals surface area contributed by atoms with Crippen LogP contribution >= 0.6 is 0 Å². The third-order valence-electron chi connectivity index (χ3n) is 4.73. The zero-order valence-corrected chi connectivity index (χ0v) is 14.3. The molecule has 1 saturated carbocycles.